The van der Waals surface area contributed by atoms with Crippen molar-refractivity contribution in [3.63, 3.8) is 0 Å². The molecule has 0 heterocycles. The Hall–Kier alpha value is -2.18. The van der Waals surface area contributed by atoms with E-state index in [1.165, 1.54) is 21.4 Å². The maximum Gasteiger partial charge on any atom is 0.152 e. The van der Waals surface area contributed by atoms with E-state index >= 15 is 0 Å². The van der Waals surface area contributed by atoms with Gasteiger partial charge in [-0.3, -0.25) is 0 Å². The van der Waals surface area contributed by atoms with Gasteiger partial charge in [-0.15, -0.1) is 19.6 Å². The summed E-state index contributed by atoms with van der Waals surface area (Å²) in [7, 11) is 0. The molecule has 0 aliphatic carbocycles. The number of rotatable bonds is 0. The smallest absolute Gasteiger partial charge is 0.152 e. The fraction of sp³-hybridized carbons (Fsp3) is 0. The number of nitrogens with zero attached hydrogens (tertiary/aromatic N) is 4. The Bertz CT molecular complexity index is 70.1. The van der Waals surface area contributed by atoms with Gasteiger partial charge in [-0.25, -0.2) is 0 Å². The van der Waals surface area contributed by atoms with E-state index in [9.17, 15) is 0 Å². The molecule has 0 saturated heterocycles. The maximum absolute atomic E-state index is 8.11. The van der Waals surface area contributed by atoms with Gasteiger partial charge in [0.25, 0.3) is 0 Å². The average Bonchev–Trinajstić information content (AvgIpc) is 1.92. The van der Waals surface area contributed by atoms with Crippen LogP contribution in [0.15, 0.2) is 21.4 Å². The Balaban J connectivity index is -0.0000000213. The van der Waals surface area contributed by atoms with Gasteiger partial charge < -0.3 is 20.8 Å². The minimum atomic E-state index is 0. The molecule has 0 fully saturated rings. The van der Waals surface area contributed by atoms with Crippen LogP contribution >= 0.6 is 0 Å². The van der Waals surface area contributed by atoms with Crippen LogP contribution in [0, 0.1) is 19.6 Å². The maximum atomic E-state index is 8.11. The van der Waals surface area contributed by atoms with Crippen molar-refractivity contribution in [3.05, 3.63) is 19.6 Å². The Morgan fingerprint density at radius 3 is 0.538 bits per heavy atom. The summed E-state index contributed by atoms with van der Waals surface area (Å²) >= 11 is 0. The second kappa shape index (κ2) is 231. The monoisotopic (exact) mass is 220 g/mol. The fourth-order valence-electron chi connectivity index (χ4n) is 0. The zero-order valence-electron chi connectivity index (χ0n) is 5.21. The molecule has 0 bridgehead atoms. The zero-order chi connectivity index (χ0) is 10.8. The number of hydrogen-bond donors (Lipinski definition) is 4. The van der Waals surface area contributed by atoms with Crippen molar-refractivity contribution in [1.82, 2.24) is 0 Å². The lowest BCUT2D eigenvalue weighted by molar-refractivity contribution is 0.312. The highest BCUT2D eigenvalue weighted by Crippen LogP contribution is 1.26. The first-order valence-electron chi connectivity index (χ1n) is 1.53. The quantitative estimate of drug-likeness (QED) is 0.229. The molecule has 80 valence electrons. The Morgan fingerprint density at radius 1 is 0.538 bits per heavy atom. The fourth-order valence-corrected chi connectivity index (χ4v) is 0. The van der Waals surface area contributed by atoms with Crippen molar-refractivity contribution < 1.29 is 20.8 Å². The largest absolute Gasteiger partial charge is 0.379 e. The second-order valence-electron chi connectivity index (χ2n) is 0.327. The van der Waals surface area contributed by atoms with Gasteiger partial charge in [0.05, 0.1) is 0 Å². The molecule has 0 amide bonds. The average molecular weight is 220 g/mol. The van der Waals surface area contributed by atoms with Crippen LogP contribution in [0.3, 0.4) is 0 Å². The predicted molar refractivity (Wildman–Crippen MR) is 41.7 cm³/mol. The van der Waals surface area contributed by atoms with Gasteiger partial charge in [-0.2, -0.15) is 0 Å². The molecule has 0 aromatic rings. The number of hydrogen-bond acceptors (Lipinski definition) is 8. The van der Waals surface area contributed by atoms with E-state index in [0.29, 0.717) is 0 Å². The van der Waals surface area contributed by atoms with Crippen LogP contribution in [0.1, 0.15) is 0 Å². The van der Waals surface area contributed by atoms with Crippen molar-refractivity contribution in [2.75, 3.05) is 0 Å². The van der Waals surface area contributed by atoms with Gasteiger partial charge in [-0.1, -0.05) is 0 Å². The van der Waals surface area contributed by atoms with Gasteiger partial charge in [0.15, 0.2) is 21.4 Å². The Kier molecular flexibility index (Phi) is 548. The van der Waals surface area contributed by atoms with E-state index in [1.807, 2.05) is 0 Å². The van der Waals surface area contributed by atoms with Gasteiger partial charge >= 0.3 is 0 Å². The topological polar surface area (TPSA) is 199 Å². The Labute approximate surface area is 73.9 Å². The zero-order valence-corrected chi connectivity index (χ0v) is 5.21. The summed E-state index contributed by atoms with van der Waals surface area (Å²) in [4.78, 5) is 32.4. The lowest BCUT2D eigenvalue weighted by Gasteiger charge is -1.32. The molecule has 0 saturated carbocycles. The molecule has 0 aliphatic heterocycles. The first-order chi connectivity index (χ1) is 5.66. The summed E-state index contributed by atoms with van der Waals surface area (Å²) in [6, 6.07) is 0. The summed E-state index contributed by atoms with van der Waals surface area (Å²) < 4.78 is 0. The van der Waals surface area contributed by atoms with Crippen LogP contribution in [0.5, 0.6) is 0 Å². The lowest BCUT2D eigenvalue weighted by atomic mass is 13.4. The lowest BCUT2D eigenvalue weighted by Crippen LogP contribution is -1.25. The third-order valence-corrected chi connectivity index (χ3v) is 0. The van der Waals surface area contributed by atoms with Gasteiger partial charge in [0, 0.05) is 0 Å². The van der Waals surface area contributed by atoms with Crippen LogP contribution in [0.4, 0.5) is 0 Å². The third kappa shape index (κ3) is 126. The van der Waals surface area contributed by atoms with Crippen molar-refractivity contribution in [2.45, 2.75) is 0 Å². The van der Waals surface area contributed by atoms with E-state index in [2.05, 4.69) is 0 Å². The molecule has 4 N–H and O–H groups in total. The minimum Gasteiger partial charge on any atom is -0.379 e. The molecular weight excluding hydrogens is 212 g/mol. The first kappa shape index (κ1) is 30.8. The van der Waals surface area contributed by atoms with Crippen LogP contribution in [-0.2, 0) is 0 Å². The standard InChI is InChI=1S/4HNO2.H4Si/c4*2-1-3;/h4*(H,2,3);1H4. The molecule has 0 spiro atoms. The molecule has 13 heteroatoms. The predicted octanol–water partition coefficient (Wildman–Crippen LogP) is -0.884. The molecular formula is H8N4O8Si. The van der Waals surface area contributed by atoms with E-state index in [4.69, 9.17) is 40.5 Å². The summed E-state index contributed by atoms with van der Waals surface area (Å²) in [5.41, 5.74) is 0. The second-order valence-corrected chi connectivity index (χ2v) is 0.327. The SMILES string of the molecule is O=NO.O=NO.O=NO.O=NO.[SiH4]. The van der Waals surface area contributed by atoms with Gasteiger partial charge in [0.1, 0.15) is 0 Å². The highest BCUT2D eigenvalue weighted by molar-refractivity contribution is 5.75. The third-order valence-electron chi connectivity index (χ3n) is 0. The highest BCUT2D eigenvalue weighted by Gasteiger charge is 1.19. The van der Waals surface area contributed by atoms with Crippen LogP contribution in [-0.4, -0.2) is 31.8 Å². The van der Waals surface area contributed by atoms with Crippen LogP contribution in [0.2, 0.25) is 0 Å². The highest BCUT2D eigenvalue weighted by atomic mass is 28.1. The molecule has 0 rings (SSSR count). The summed E-state index contributed by atoms with van der Waals surface area (Å²) in [6.07, 6.45) is 0. The molecule has 0 aromatic carbocycles. The van der Waals surface area contributed by atoms with Crippen molar-refractivity contribution >= 4 is 11.0 Å². The van der Waals surface area contributed by atoms with E-state index < -0.39 is 0 Å². The molecule has 12 nitrogen and oxygen atoms in total. The van der Waals surface area contributed by atoms with Crippen LogP contribution in [0.25, 0.3) is 0 Å². The summed E-state index contributed by atoms with van der Waals surface area (Å²) in [6.45, 7) is 0. The van der Waals surface area contributed by atoms with E-state index in [-0.39, 0.29) is 11.0 Å². The van der Waals surface area contributed by atoms with E-state index in [1.54, 1.807) is 0 Å². The molecule has 13 heavy (non-hydrogen) atoms. The molecule has 0 aliphatic rings. The molecule has 0 aromatic heterocycles. The molecule has 0 unspecified atom stereocenters. The van der Waals surface area contributed by atoms with Gasteiger partial charge in [0.2, 0.25) is 0 Å². The summed E-state index contributed by atoms with van der Waals surface area (Å²) in [5, 5.41) is 31.6. The summed E-state index contributed by atoms with van der Waals surface area (Å²) in [5.74, 6) is 0. The minimum absolute atomic E-state index is 0. The van der Waals surface area contributed by atoms with Crippen molar-refractivity contribution in [2.24, 2.45) is 21.4 Å². The van der Waals surface area contributed by atoms with E-state index in [0.717, 1.165) is 0 Å². The van der Waals surface area contributed by atoms with Gasteiger partial charge in [-0.05, 0) is 11.0 Å². The molecule has 0 atom stereocenters. The van der Waals surface area contributed by atoms with Crippen molar-refractivity contribution in [3.8, 4) is 0 Å². The van der Waals surface area contributed by atoms with Crippen molar-refractivity contribution in [1.29, 1.82) is 0 Å². The van der Waals surface area contributed by atoms with Crippen LogP contribution < -0.4 is 0 Å². The molecule has 0 radical (unpaired) electrons. The Morgan fingerprint density at radius 2 is 0.538 bits per heavy atom. The normalized spacial score (nSPS) is 3.69. The first-order valence-corrected chi connectivity index (χ1v) is 1.53.